The van der Waals surface area contributed by atoms with Crippen molar-refractivity contribution in [3.63, 3.8) is 0 Å². The van der Waals surface area contributed by atoms with Crippen LogP contribution in [-0.4, -0.2) is 47.0 Å². The summed E-state index contributed by atoms with van der Waals surface area (Å²) in [4.78, 5) is 37.1. The highest BCUT2D eigenvalue weighted by atomic mass is 32.1. The van der Waals surface area contributed by atoms with E-state index in [0.29, 0.717) is 18.2 Å². The van der Waals surface area contributed by atoms with Gasteiger partial charge in [-0.25, -0.2) is 9.97 Å². The van der Waals surface area contributed by atoms with Crippen LogP contribution in [0.15, 0.2) is 53.9 Å². The molecule has 1 aromatic carbocycles. The van der Waals surface area contributed by atoms with Gasteiger partial charge in [-0.3, -0.25) is 15.0 Å². The first kappa shape index (κ1) is 23.2. The molecule has 3 aromatic heterocycles. The predicted octanol–water partition coefficient (Wildman–Crippen LogP) is 4.64. The Balaban J connectivity index is 1.57. The van der Waals surface area contributed by atoms with E-state index in [0.717, 1.165) is 48.4 Å². The maximum Gasteiger partial charge on any atom is 0.275 e. The summed E-state index contributed by atoms with van der Waals surface area (Å²) in [7, 11) is 1.89. The molecule has 35 heavy (non-hydrogen) atoms. The standard InChI is InChI=1S/C25H23N5O3S2/c1-14-13-19(31)30(25(14)32)29-23-20-15(2)21(16-6-8-17(9-7-16)33-11-10-26-3)35-24(20)28-22(27-23)18-5-4-12-34-18/h4-9,12,26H,1,10-11,13H2,2-3H3,(H,27,28,29). The molecule has 0 radical (unpaired) electrons. The van der Waals surface area contributed by atoms with Gasteiger partial charge in [-0.2, -0.15) is 5.01 Å². The number of nitrogens with zero attached hydrogens (tertiary/aromatic N) is 3. The molecule has 2 N–H and O–H groups in total. The lowest BCUT2D eigenvalue weighted by molar-refractivity contribution is -0.135. The Morgan fingerprint density at radius 1 is 1.17 bits per heavy atom. The van der Waals surface area contributed by atoms with Gasteiger partial charge in [-0.05, 0) is 60.8 Å². The number of imide groups is 1. The van der Waals surface area contributed by atoms with Crippen molar-refractivity contribution in [2.24, 2.45) is 0 Å². The van der Waals surface area contributed by atoms with E-state index < -0.39 is 5.91 Å². The zero-order valence-corrected chi connectivity index (χ0v) is 20.9. The van der Waals surface area contributed by atoms with Gasteiger partial charge in [0.05, 0.1) is 16.7 Å². The largest absolute Gasteiger partial charge is 0.492 e. The van der Waals surface area contributed by atoms with Gasteiger partial charge in [-0.1, -0.05) is 12.6 Å². The smallest absolute Gasteiger partial charge is 0.275 e. The molecule has 0 spiro atoms. The monoisotopic (exact) mass is 505 g/mol. The summed E-state index contributed by atoms with van der Waals surface area (Å²) >= 11 is 3.07. The van der Waals surface area contributed by atoms with E-state index in [1.165, 1.54) is 11.3 Å². The summed E-state index contributed by atoms with van der Waals surface area (Å²) in [5.74, 6) is 0.958. The third-order valence-corrected chi connectivity index (χ3v) is 7.71. The molecule has 4 heterocycles. The number of hydrogen-bond acceptors (Lipinski definition) is 9. The van der Waals surface area contributed by atoms with Gasteiger partial charge in [-0.15, -0.1) is 22.7 Å². The van der Waals surface area contributed by atoms with Crippen molar-refractivity contribution in [3.8, 4) is 26.9 Å². The van der Waals surface area contributed by atoms with Crippen molar-refractivity contribution in [2.45, 2.75) is 13.3 Å². The Morgan fingerprint density at radius 2 is 1.97 bits per heavy atom. The molecule has 5 rings (SSSR count). The Kier molecular flexibility index (Phi) is 6.33. The highest BCUT2D eigenvalue weighted by molar-refractivity contribution is 7.22. The quantitative estimate of drug-likeness (QED) is 0.205. The van der Waals surface area contributed by atoms with Gasteiger partial charge in [0.2, 0.25) is 0 Å². The maximum absolute atomic E-state index is 12.5. The molecule has 1 saturated heterocycles. The molecule has 8 nitrogen and oxygen atoms in total. The lowest BCUT2D eigenvalue weighted by Gasteiger charge is -2.17. The van der Waals surface area contributed by atoms with Crippen LogP contribution in [0.3, 0.4) is 0 Å². The van der Waals surface area contributed by atoms with Crippen LogP contribution >= 0.6 is 22.7 Å². The number of nitrogens with one attached hydrogen (secondary N) is 2. The second kappa shape index (κ2) is 9.57. The number of hydrogen-bond donors (Lipinski definition) is 2. The molecule has 0 unspecified atom stereocenters. The molecule has 4 aromatic rings. The minimum Gasteiger partial charge on any atom is -0.492 e. The zero-order valence-electron chi connectivity index (χ0n) is 19.3. The molecule has 1 fully saturated rings. The van der Waals surface area contributed by atoms with Gasteiger partial charge >= 0.3 is 0 Å². The summed E-state index contributed by atoms with van der Waals surface area (Å²) in [6, 6.07) is 11.8. The molecule has 0 bridgehead atoms. The number of rotatable bonds is 8. The number of benzene rings is 1. The van der Waals surface area contributed by atoms with Crippen molar-refractivity contribution in [1.29, 1.82) is 0 Å². The van der Waals surface area contributed by atoms with Crippen molar-refractivity contribution in [1.82, 2.24) is 20.3 Å². The number of hydrazine groups is 1. The second-order valence-corrected chi connectivity index (χ2v) is 9.96. The average Bonchev–Trinajstić information content (AvgIpc) is 3.56. The van der Waals surface area contributed by atoms with E-state index in [-0.39, 0.29) is 17.9 Å². The van der Waals surface area contributed by atoms with Crippen LogP contribution in [0.4, 0.5) is 5.82 Å². The van der Waals surface area contributed by atoms with E-state index >= 15 is 0 Å². The van der Waals surface area contributed by atoms with E-state index in [9.17, 15) is 9.59 Å². The Bertz CT molecular complexity index is 1430. The lowest BCUT2D eigenvalue weighted by atomic mass is 10.1. The first-order valence-corrected chi connectivity index (χ1v) is 12.7. The molecule has 2 amide bonds. The first-order valence-electron chi connectivity index (χ1n) is 11.0. The minimum atomic E-state index is -0.443. The number of carbonyl (C=O) groups is 2. The number of anilines is 1. The fourth-order valence-corrected chi connectivity index (χ4v) is 5.66. The molecule has 0 aliphatic carbocycles. The molecule has 1 aliphatic heterocycles. The van der Waals surface area contributed by atoms with Crippen LogP contribution in [0.1, 0.15) is 12.0 Å². The number of likely N-dealkylation sites (N-methyl/N-ethyl adjacent to an activating group) is 1. The summed E-state index contributed by atoms with van der Waals surface area (Å²) < 4.78 is 5.74. The number of fused-ring (bicyclic) bond motifs is 1. The average molecular weight is 506 g/mol. The third kappa shape index (κ3) is 4.43. The number of ether oxygens (including phenoxy) is 1. The number of carbonyl (C=O) groups excluding carboxylic acids is 2. The summed E-state index contributed by atoms with van der Waals surface area (Å²) in [6.45, 7) is 7.06. The molecular formula is C25H23N5O3S2. The summed E-state index contributed by atoms with van der Waals surface area (Å²) in [5, 5.41) is 6.79. The molecule has 0 atom stereocenters. The fourth-order valence-electron chi connectivity index (χ4n) is 3.81. The Labute approximate surface area is 210 Å². The second-order valence-electron chi connectivity index (χ2n) is 8.01. The topological polar surface area (TPSA) is 96.5 Å². The van der Waals surface area contributed by atoms with Crippen LogP contribution in [0.25, 0.3) is 31.4 Å². The normalized spacial score (nSPS) is 13.8. The van der Waals surface area contributed by atoms with Crippen LogP contribution in [-0.2, 0) is 9.59 Å². The predicted molar refractivity (Wildman–Crippen MR) is 140 cm³/mol. The maximum atomic E-state index is 12.5. The molecule has 1 aliphatic rings. The van der Waals surface area contributed by atoms with Crippen LogP contribution in [0, 0.1) is 6.92 Å². The molecule has 10 heteroatoms. The SMILES string of the molecule is C=C1CC(=O)N(Nc2nc(-c3cccs3)nc3sc(-c4ccc(OCCNC)cc4)c(C)c23)C1=O. The van der Waals surface area contributed by atoms with Crippen molar-refractivity contribution in [2.75, 3.05) is 25.6 Å². The zero-order chi connectivity index (χ0) is 24.5. The lowest BCUT2D eigenvalue weighted by Crippen LogP contribution is -2.35. The van der Waals surface area contributed by atoms with E-state index in [4.69, 9.17) is 14.7 Å². The number of amides is 2. The highest BCUT2D eigenvalue weighted by Gasteiger charge is 2.34. The van der Waals surface area contributed by atoms with Gasteiger partial charge in [0.25, 0.3) is 11.8 Å². The van der Waals surface area contributed by atoms with E-state index in [2.05, 4.69) is 17.3 Å². The first-order chi connectivity index (χ1) is 17.0. The van der Waals surface area contributed by atoms with Crippen LogP contribution in [0.2, 0.25) is 0 Å². The Hall–Kier alpha value is -3.60. The van der Waals surface area contributed by atoms with E-state index in [1.807, 2.05) is 55.7 Å². The molecule has 0 saturated carbocycles. The summed E-state index contributed by atoms with van der Waals surface area (Å²) in [6.07, 6.45) is -0.00551. The van der Waals surface area contributed by atoms with Crippen LogP contribution < -0.4 is 15.5 Å². The minimum absolute atomic E-state index is 0.00551. The Morgan fingerprint density at radius 3 is 2.63 bits per heavy atom. The van der Waals surface area contributed by atoms with Gasteiger partial charge in [0.1, 0.15) is 17.2 Å². The van der Waals surface area contributed by atoms with Gasteiger partial charge in [0.15, 0.2) is 11.6 Å². The highest BCUT2D eigenvalue weighted by Crippen LogP contribution is 2.42. The molecular weight excluding hydrogens is 482 g/mol. The van der Waals surface area contributed by atoms with Gasteiger partial charge < -0.3 is 10.1 Å². The van der Waals surface area contributed by atoms with Gasteiger partial charge in [0, 0.05) is 17.0 Å². The van der Waals surface area contributed by atoms with Crippen molar-refractivity contribution >= 4 is 50.5 Å². The summed E-state index contributed by atoms with van der Waals surface area (Å²) in [5.41, 5.74) is 5.21. The number of aromatic nitrogens is 2. The van der Waals surface area contributed by atoms with Crippen molar-refractivity contribution in [3.05, 3.63) is 59.5 Å². The molecule has 178 valence electrons. The number of thiophene rings is 2. The van der Waals surface area contributed by atoms with Crippen molar-refractivity contribution < 1.29 is 14.3 Å². The number of aryl methyl sites for hydroxylation is 1. The van der Waals surface area contributed by atoms with Crippen LogP contribution in [0.5, 0.6) is 5.75 Å². The van der Waals surface area contributed by atoms with E-state index in [1.54, 1.807) is 11.3 Å². The third-order valence-electron chi connectivity index (χ3n) is 5.61. The fraction of sp³-hybridized carbons (Fsp3) is 0.200.